The number of hydrogen-bond donors (Lipinski definition) is 4. The molecule has 3 atom stereocenters. The van der Waals surface area contributed by atoms with E-state index >= 15 is 0 Å². The molecule has 6 aromatic rings. The molecule has 3 saturated heterocycles. The maximum absolute atomic E-state index is 14.9. The van der Waals surface area contributed by atoms with Gasteiger partial charge in [-0.05, 0) is 138 Å². The minimum absolute atomic E-state index is 0.00887. The highest BCUT2D eigenvalue weighted by molar-refractivity contribution is 7.90. The lowest BCUT2D eigenvalue weighted by molar-refractivity contribution is -0.384. The lowest BCUT2D eigenvalue weighted by atomic mass is 9.59. The molecule has 3 aromatic heterocycles. The molecule has 2 saturated carbocycles. The second-order valence-electron chi connectivity index (χ2n) is 24.2. The van der Waals surface area contributed by atoms with Gasteiger partial charge in [-0.1, -0.05) is 18.2 Å². The molecule has 6 aliphatic rings. The zero-order chi connectivity index (χ0) is 58.5. The molecule has 3 aromatic carbocycles. The number of hydrogen-bond acceptors (Lipinski definition) is 19. The van der Waals surface area contributed by atoms with Crippen LogP contribution in [0.15, 0.2) is 90.2 Å². The van der Waals surface area contributed by atoms with Crippen LogP contribution in [0, 0.1) is 21.4 Å². The lowest BCUT2D eigenvalue weighted by Crippen LogP contribution is -2.59. The fourth-order valence-corrected chi connectivity index (χ4v) is 14.7. The van der Waals surface area contributed by atoms with Gasteiger partial charge in [-0.15, -0.1) is 0 Å². The largest absolute Gasteiger partial charge is 0.491 e. The Hall–Kier alpha value is -7.31. The van der Waals surface area contributed by atoms with Gasteiger partial charge in [0.25, 0.3) is 27.5 Å². The summed E-state index contributed by atoms with van der Waals surface area (Å²) in [6.07, 6.45) is 10.2. The number of anilines is 4. The average molecular weight is 1170 g/mol. The fourth-order valence-electron chi connectivity index (χ4n) is 13.7. The number of nitro benzene ring substituents is 1. The van der Waals surface area contributed by atoms with Crippen LogP contribution in [0.1, 0.15) is 106 Å². The van der Waals surface area contributed by atoms with Crippen LogP contribution < -0.4 is 38.8 Å². The first-order valence-corrected chi connectivity index (χ1v) is 30.8. The molecular formula is C61H75N11O11S. The number of aromatic amines is 1. The summed E-state index contributed by atoms with van der Waals surface area (Å²) < 4.78 is 61.1. The van der Waals surface area contributed by atoms with Crippen molar-refractivity contribution in [3.05, 3.63) is 112 Å². The second-order valence-corrected chi connectivity index (χ2v) is 25.9. The number of piperidine rings is 1. The molecule has 0 unspecified atom stereocenters. The number of aliphatic hydroxyl groups is 1. The number of H-pyrrole nitrogens is 1. The summed E-state index contributed by atoms with van der Waals surface area (Å²) >= 11 is 0. The lowest BCUT2D eigenvalue weighted by Gasteiger charge is -2.58. The van der Waals surface area contributed by atoms with Crippen molar-refractivity contribution in [3.8, 4) is 23.3 Å². The van der Waals surface area contributed by atoms with Gasteiger partial charge in [0, 0.05) is 87.4 Å². The first-order chi connectivity index (χ1) is 40.5. The van der Waals surface area contributed by atoms with Gasteiger partial charge in [0.2, 0.25) is 11.6 Å². The number of piperazine rings is 1. The number of pyridine rings is 1. The minimum Gasteiger partial charge on any atom is -0.491 e. The van der Waals surface area contributed by atoms with E-state index < -0.39 is 43.1 Å². The Morgan fingerprint density at radius 2 is 1.75 bits per heavy atom. The number of nitro groups is 1. The molecule has 5 fully saturated rings. The topological polar surface area (TPSA) is 252 Å². The third kappa shape index (κ3) is 11.5. The number of amides is 1. The van der Waals surface area contributed by atoms with Crippen molar-refractivity contribution in [3.63, 3.8) is 0 Å². The first-order valence-electron chi connectivity index (χ1n) is 29.4. The number of rotatable bonds is 17. The van der Waals surface area contributed by atoms with E-state index in [0.717, 1.165) is 99.8 Å². The van der Waals surface area contributed by atoms with Crippen LogP contribution >= 0.6 is 0 Å². The van der Waals surface area contributed by atoms with Crippen molar-refractivity contribution < 1.29 is 46.9 Å². The third-order valence-electron chi connectivity index (χ3n) is 18.3. The van der Waals surface area contributed by atoms with Crippen molar-refractivity contribution in [2.75, 3.05) is 81.8 Å². The van der Waals surface area contributed by atoms with Gasteiger partial charge in [-0.25, -0.2) is 18.1 Å². The maximum Gasteiger partial charge on any atom is 0.293 e. The van der Waals surface area contributed by atoms with E-state index in [1.165, 1.54) is 24.0 Å². The summed E-state index contributed by atoms with van der Waals surface area (Å²) in [4.78, 5) is 52.8. The second kappa shape index (κ2) is 23.3. The van der Waals surface area contributed by atoms with E-state index in [1.807, 2.05) is 37.3 Å². The number of para-hydroxylation sites is 1. The molecule has 0 bridgehead atoms. The molecule has 84 heavy (non-hydrogen) atoms. The summed E-state index contributed by atoms with van der Waals surface area (Å²) in [6, 6.07) is 21.6. The Morgan fingerprint density at radius 3 is 2.51 bits per heavy atom. The Morgan fingerprint density at radius 1 is 0.952 bits per heavy atom. The number of fused-ring (bicyclic) bond motifs is 3. The van der Waals surface area contributed by atoms with Gasteiger partial charge in [0.15, 0.2) is 0 Å². The number of ether oxygens (including phenoxy) is 5. The Labute approximate surface area is 489 Å². The van der Waals surface area contributed by atoms with Crippen molar-refractivity contribution in [1.29, 1.82) is 0 Å². The Balaban J connectivity index is 0.800. The number of carbonyl (C=O) groups is 1. The fraction of sp³-hybridized carbons (Fsp3) is 0.508. The van der Waals surface area contributed by atoms with Crippen molar-refractivity contribution >= 4 is 55.4 Å². The summed E-state index contributed by atoms with van der Waals surface area (Å²) in [5, 5.41) is 26.9. The number of nitrogens with one attached hydrogen (secondary N) is 3. The number of aromatic nitrogens is 4. The quantitative estimate of drug-likeness (QED) is 0.0493. The van der Waals surface area contributed by atoms with Crippen LogP contribution in [0.4, 0.5) is 28.4 Å². The first kappa shape index (κ1) is 57.1. The molecule has 446 valence electrons. The molecule has 0 radical (unpaired) electrons. The van der Waals surface area contributed by atoms with Crippen molar-refractivity contribution in [1.82, 2.24) is 34.5 Å². The van der Waals surface area contributed by atoms with Crippen LogP contribution in [0.3, 0.4) is 0 Å². The molecule has 1 amide bonds. The standard InChI is InChI=1S/C61H75N11O11S/c1-38(2)82-53-9-7-6-8-44(53)52-35-68(34-47-55(79-4)59(80-5)65-37-64-47)25-26-70(52)42-31-61(32-42)20-23-69(24-21-61)41-10-12-45(49(29-41)71-48-17-27-81-36-54(48)83-58-51(71)28-40-16-22-62-56(40)66-58)57(73)67-84(77,78)43-11-13-46(50(30-43)72(75)76)63-33-39-14-18-60(3,74)19-15-39/h6-13,16,22,28-30,37-39,42,48,52,54,63,74H,14-15,17-21,23-27,31-36H2,1-5H3,(H,62,66)(H,67,73)/t39-,48-,52+,54-,60-/m0/s1. The highest BCUT2D eigenvalue weighted by Gasteiger charge is 2.51. The van der Waals surface area contributed by atoms with Crippen LogP contribution in [0.2, 0.25) is 0 Å². The highest BCUT2D eigenvalue weighted by atomic mass is 32.2. The van der Waals surface area contributed by atoms with E-state index in [1.54, 1.807) is 26.5 Å². The number of nitrogens with zero attached hydrogens (tertiary/aromatic N) is 8. The van der Waals surface area contributed by atoms with E-state index in [2.05, 4.69) is 76.6 Å². The summed E-state index contributed by atoms with van der Waals surface area (Å²) in [5.74, 6) is 1.48. The molecule has 7 heterocycles. The number of methoxy groups -OCH3 is 2. The minimum atomic E-state index is -4.66. The van der Waals surface area contributed by atoms with Crippen molar-refractivity contribution in [2.45, 2.75) is 126 Å². The number of carbonyl (C=O) groups excluding carboxylic acids is 1. The van der Waals surface area contributed by atoms with Crippen molar-refractivity contribution in [2.24, 2.45) is 11.3 Å². The van der Waals surface area contributed by atoms with Crippen LogP contribution in [-0.2, 0) is 21.3 Å². The van der Waals surface area contributed by atoms with Gasteiger partial charge < -0.3 is 48.9 Å². The van der Waals surface area contributed by atoms with Gasteiger partial charge >= 0.3 is 0 Å². The molecule has 2 aliphatic carbocycles. The van der Waals surface area contributed by atoms with E-state index in [-0.39, 0.29) is 47.4 Å². The van der Waals surface area contributed by atoms with Gasteiger partial charge in [-0.2, -0.15) is 9.97 Å². The molecule has 23 heteroatoms. The SMILES string of the molecule is COc1ncnc(CN2CCN(C3CC4(CCN(c5ccc(C(=O)NS(=O)(=O)c6ccc(NC[C@H]7CC[C@](C)(O)CC7)c([N+](=O)[O-])c6)c(N6c7cc8cc[nH]c8nc7O[C@H]7COCC[C@@H]76)c5)CC4)C3)[C@@H](c3ccccc3OC(C)C)C2)c1OC. The average Bonchev–Trinajstić information content (AvgIpc) is 1.71. The molecule has 12 rings (SSSR count). The Bertz CT molecular complexity index is 3520. The monoisotopic (exact) mass is 1170 g/mol. The summed E-state index contributed by atoms with van der Waals surface area (Å²) in [7, 11) is -1.46. The maximum atomic E-state index is 14.9. The van der Waals surface area contributed by atoms with Gasteiger partial charge in [-0.3, -0.25) is 24.7 Å². The molecule has 4 N–H and O–H groups in total. The van der Waals surface area contributed by atoms with E-state index in [9.17, 15) is 28.4 Å². The van der Waals surface area contributed by atoms with Crippen LogP contribution in [-0.4, -0.2) is 151 Å². The molecule has 4 aliphatic heterocycles. The highest BCUT2D eigenvalue weighted by Crippen LogP contribution is 2.54. The smallest absolute Gasteiger partial charge is 0.293 e. The normalized spacial score (nSPS) is 23.8. The zero-order valence-electron chi connectivity index (χ0n) is 48.3. The zero-order valence-corrected chi connectivity index (χ0v) is 49.1. The van der Waals surface area contributed by atoms with Crippen LogP contribution in [0.5, 0.6) is 23.3 Å². The van der Waals surface area contributed by atoms with Gasteiger partial charge in [0.1, 0.15) is 40.9 Å². The predicted molar refractivity (Wildman–Crippen MR) is 316 cm³/mol. The third-order valence-corrected chi connectivity index (χ3v) is 19.6. The summed E-state index contributed by atoms with van der Waals surface area (Å²) in [5.41, 5.74) is 3.80. The summed E-state index contributed by atoms with van der Waals surface area (Å²) in [6.45, 7) is 11.7. The number of sulfonamides is 1. The molecule has 1 spiro atoms. The molecule has 22 nitrogen and oxygen atoms in total. The van der Waals surface area contributed by atoms with Crippen LogP contribution in [0.25, 0.3) is 11.0 Å². The van der Waals surface area contributed by atoms with Gasteiger partial charge in [0.05, 0.1) is 65.7 Å². The van der Waals surface area contributed by atoms with E-state index in [4.69, 9.17) is 28.7 Å². The number of benzene rings is 3. The molecular weight excluding hydrogens is 1090 g/mol. The predicted octanol–water partition coefficient (Wildman–Crippen LogP) is 8.53. The van der Waals surface area contributed by atoms with E-state index in [0.29, 0.717) is 79.5 Å². The Kier molecular flexibility index (Phi) is 15.8.